The van der Waals surface area contributed by atoms with Gasteiger partial charge in [0, 0.05) is 18.4 Å². The molecule has 1 aliphatic rings. The SMILES string of the molecule is CC/C=C1/C(N(CC(O)C(O)C(O)COC)c2ccc(C)cc2C)=NC(=O)NC1O. The number of amidine groups is 1. The Morgan fingerprint density at radius 1 is 1.27 bits per heavy atom. The summed E-state index contributed by atoms with van der Waals surface area (Å²) in [6.45, 7) is 5.38. The number of allylic oxidation sites excluding steroid dienone is 1. The van der Waals surface area contributed by atoms with E-state index >= 15 is 0 Å². The Hall–Kier alpha value is -2.30. The molecule has 9 heteroatoms. The molecule has 2 amide bonds. The van der Waals surface area contributed by atoms with Crippen LogP contribution in [0.25, 0.3) is 0 Å². The number of benzene rings is 1. The predicted molar refractivity (Wildman–Crippen MR) is 114 cm³/mol. The van der Waals surface area contributed by atoms with Gasteiger partial charge in [0.1, 0.15) is 24.1 Å². The van der Waals surface area contributed by atoms with Gasteiger partial charge in [-0.1, -0.05) is 30.7 Å². The number of aryl methyl sites for hydroxylation is 2. The first-order valence-corrected chi connectivity index (χ1v) is 9.85. The Bertz CT molecular complexity index is 810. The van der Waals surface area contributed by atoms with Crippen LogP contribution in [-0.2, 0) is 4.74 Å². The number of urea groups is 1. The third-order valence-electron chi connectivity index (χ3n) is 4.84. The second-order valence-corrected chi connectivity index (χ2v) is 7.34. The minimum Gasteiger partial charge on any atom is -0.388 e. The maximum absolute atomic E-state index is 12.0. The zero-order valence-corrected chi connectivity index (χ0v) is 17.7. The lowest BCUT2D eigenvalue weighted by molar-refractivity contribution is -0.0785. The summed E-state index contributed by atoms with van der Waals surface area (Å²) >= 11 is 0. The molecule has 0 aliphatic carbocycles. The smallest absolute Gasteiger partial charge is 0.345 e. The van der Waals surface area contributed by atoms with Crippen molar-refractivity contribution in [2.24, 2.45) is 4.99 Å². The molecule has 5 N–H and O–H groups in total. The van der Waals surface area contributed by atoms with Gasteiger partial charge in [0.25, 0.3) is 0 Å². The van der Waals surface area contributed by atoms with E-state index < -0.39 is 30.6 Å². The van der Waals surface area contributed by atoms with Crippen molar-refractivity contribution in [1.29, 1.82) is 0 Å². The number of rotatable bonds is 8. The van der Waals surface area contributed by atoms with Crippen molar-refractivity contribution in [3.63, 3.8) is 0 Å². The lowest BCUT2D eigenvalue weighted by atomic mass is 10.0. The molecule has 1 aromatic carbocycles. The van der Waals surface area contributed by atoms with Crippen LogP contribution in [0.4, 0.5) is 10.5 Å². The third kappa shape index (κ3) is 5.65. The average molecular weight is 421 g/mol. The molecule has 1 heterocycles. The number of carbonyl (C=O) groups is 1. The first kappa shape index (κ1) is 24.0. The van der Waals surface area contributed by atoms with E-state index in [0.29, 0.717) is 17.7 Å². The number of nitrogens with zero attached hydrogens (tertiary/aromatic N) is 2. The van der Waals surface area contributed by atoms with Gasteiger partial charge in [-0.25, -0.2) is 4.79 Å². The van der Waals surface area contributed by atoms with Crippen LogP contribution in [0.1, 0.15) is 24.5 Å². The van der Waals surface area contributed by atoms with Gasteiger partial charge in [-0.05, 0) is 31.9 Å². The normalized spacial score (nSPS) is 21.1. The lowest BCUT2D eigenvalue weighted by Crippen LogP contribution is -2.52. The topological polar surface area (TPSA) is 135 Å². The minimum atomic E-state index is -1.49. The second kappa shape index (κ2) is 10.6. The first-order chi connectivity index (χ1) is 14.2. The highest BCUT2D eigenvalue weighted by Crippen LogP contribution is 2.26. The van der Waals surface area contributed by atoms with Crippen molar-refractivity contribution in [3.05, 3.63) is 41.0 Å². The maximum atomic E-state index is 12.0. The zero-order chi connectivity index (χ0) is 22.4. The van der Waals surface area contributed by atoms with E-state index in [0.717, 1.165) is 11.1 Å². The Kier molecular flexibility index (Phi) is 8.51. The Balaban J connectivity index is 2.51. The van der Waals surface area contributed by atoms with E-state index in [-0.39, 0.29) is 19.0 Å². The molecule has 30 heavy (non-hydrogen) atoms. The first-order valence-electron chi connectivity index (χ1n) is 9.85. The number of anilines is 1. The highest BCUT2D eigenvalue weighted by molar-refractivity contribution is 6.16. The molecule has 4 unspecified atom stereocenters. The van der Waals surface area contributed by atoms with Crippen molar-refractivity contribution in [2.45, 2.75) is 51.7 Å². The van der Waals surface area contributed by atoms with Gasteiger partial charge in [-0.3, -0.25) is 0 Å². The van der Waals surface area contributed by atoms with Gasteiger partial charge < -0.3 is 35.4 Å². The van der Waals surface area contributed by atoms with Gasteiger partial charge in [0.2, 0.25) is 0 Å². The van der Waals surface area contributed by atoms with Gasteiger partial charge in [-0.2, -0.15) is 4.99 Å². The van der Waals surface area contributed by atoms with Crippen LogP contribution in [0, 0.1) is 13.8 Å². The number of amides is 2. The number of hydrogen-bond donors (Lipinski definition) is 5. The number of carbonyl (C=O) groups excluding carboxylic acids is 1. The number of nitrogens with one attached hydrogen (secondary N) is 1. The highest BCUT2D eigenvalue weighted by Gasteiger charge is 2.33. The summed E-state index contributed by atoms with van der Waals surface area (Å²) in [5.74, 6) is 0.174. The molecule has 1 aromatic rings. The molecule has 0 spiro atoms. The largest absolute Gasteiger partial charge is 0.388 e. The van der Waals surface area contributed by atoms with Crippen molar-refractivity contribution in [3.8, 4) is 0 Å². The van der Waals surface area contributed by atoms with E-state index in [2.05, 4.69) is 10.3 Å². The van der Waals surface area contributed by atoms with E-state index in [1.807, 2.05) is 39.0 Å². The summed E-state index contributed by atoms with van der Waals surface area (Å²) in [5, 5.41) is 43.7. The second-order valence-electron chi connectivity index (χ2n) is 7.34. The molecule has 0 aromatic heterocycles. The van der Waals surface area contributed by atoms with Gasteiger partial charge in [0.05, 0.1) is 13.2 Å². The molecule has 0 fully saturated rings. The predicted octanol–water partition coefficient (Wildman–Crippen LogP) is 0.615. The molecular formula is C21H31N3O6. The number of ether oxygens (including phenoxy) is 1. The highest BCUT2D eigenvalue weighted by atomic mass is 16.5. The lowest BCUT2D eigenvalue weighted by Gasteiger charge is -2.35. The Morgan fingerprint density at radius 2 is 1.97 bits per heavy atom. The molecule has 1 aliphatic heterocycles. The number of aliphatic imine (C=N–C) groups is 1. The van der Waals surface area contributed by atoms with Crippen molar-refractivity contribution >= 4 is 17.6 Å². The fourth-order valence-electron chi connectivity index (χ4n) is 3.38. The van der Waals surface area contributed by atoms with Crippen LogP contribution >= 0.6 is 0 Å². The third-order valence-corrected chi connectivity index (χ3v) is 4.84. The molecule has 4 atom stereocenters. The van der Waals surface area contributed by atoms with Crippen LogP contribution in [0.2, 0.25) is 0 Å². The Labute approximate surface area is 176 Å². The van der Waals surface area contributed by atoms with Gasteiger partial charge in [-0.15, -0.1) is 0 Å². The van der Waals surface area contributed by atoms with Crippen molar-refractivity contribution in [1.82, 2.24) is 5.32 Å². The molecular weight excluding hydrogens is 390 g/mol. The molecule has 9 nitrogen and oxygen atoms in total. The standard InChI is InChI=1S/C21H31N3O6/c1-5-6-14-19(22-21(29)23-20(14)28)24(15-8-7-12(2)9-13(15)3)10-16(25)18(27)17(26)11-30-4/h6-9,16-18,20,25-28H,5,10-11H2,1-4H3,(H,23,29)/b14-6-. The number of aliphatic hydroxyl groups is 4. The minimum absolute atomic E-state index is 0.148. The monoisotopic (exact) mass is 421 g/mol. The summed E-state index contributed by atoms with van der Waals surface area (Å²) in [5.41, 5.74) is 2.92. The molecule has 0 radical (unpaired) electrons. The fourth-order valence-corrected chi connectivity index (χ4v) is 3.38. The molecule has 0 bridgehead atoms. The number of methoxy groups -OCH3 is 1. The molecule has 0 saturated heterocycles. The quantitative estimate of drug-likeness (QED) is 0.415. The molecule has 166 valence electrons. The van der Waals surface area contributed by atoms with E-state index in [1.165, 1.54) is 7.11 Å². The van der Waals surface area contributed by atoms with Gasteiger partial charge >= 0.3 is 6.03 Å². The number of hydrogen-bond acceptors (Lipinski definition) is 7. The zero-order valence-electron chi connectivity index (χ0n) is 17.7. The van der Waals surface area contributed by atoms with Crippen LogP contribution in [-0.4, -0.2) is 77.1 Å². The summed E-state index contributed by atoms with van der Waals surface area (Å²) < 4.78 is 4.84. The summed E-state index contributed by atoms with van der Waals surface area (Å²) in [6.07, 6.45) is -3.09. The van der Waals surface area contributed by atoms with Gasteiger partial charge in [0.15, 0.2) is 6.23 Å². The average Bonchev–Trinajstić information content (AvgIpc) is 2.68. The van der Waals surface area contributed by atoms with Crippen LogP contribution in [0.3, 0.4) is 0 Å². The van der Waals surface area contributed by atoms with Crippen LogP contribution in [0.5, 0.6) is 0 Å². The summed E-state index contributed by atoms with van der Waals surface area (Å²) in [7, 11) is 1.38. The number of aliphatic hydroxyl groups excluding tert-OH is 4. The van der Waals surface area contributed by atoms with Crippen LogP contribution in [0.15, 0.2) is 34.8 Å². The maximum Gasteiger partial charge on any atom is 0.345 e. The van der Waals surface area contributed by atoms with Crippen LogP contribution < -0.4 is 10.2 Å². The van der Waals surface area contributed by atoms with Crippen molar-refractivity contribution < 1.29 is 30.0 Å². The van der Waals surface area contributed by atoms with E-state index in [4.69, 9.17) is 4.74 Å². The molecule has 2 rings (SSSR count). The molecule has 0 saturated carbocycles. The summed E-state index contributed by atoms with van der Waals surface area (Å²) in [4.78, 5) is 17.7. The summed E-state index contributed by atoms with van der Waals surface area (Å²) in [6, 6.07) is 4.92. The van der Waals surface area contributed by atoms with E-state index in [9.17, 15) is 25.2 Å². The van der Waals surface area contributed by atoms with E-state index in [1.54, 1.807) is 11.0 Å². The Morgan fingerprint density at radius 3 is 2.57 bits per heavy atom. The fraction of sp³-hybridized carbons (Fsp3) is 0.524. The van der Waals surface area contributed by atoms with Crippen molar-refractivity contribution in [2.75, 3.05) is 25.2 Å².